The molecule has 1 aromatic heterocycles. The van der Waals surface area contributed by atoms with Crippen LogP contribution in [0, 0.1) is 0 Å². The Kier molecular flexibility index (Phi) is 9.31. The van der Waals surface area contributed by atoms with E-state index in [4.69, 9.17) is 4.42 Å². The molecule has 12 aromatic rings. The second-order valence-corrected chi connectivity index (χ2v) is 16.8. The van der Waals surface area contributed by atoms with Gasteiger partial charge in [0.15, 0.2) is 0 Å². The van der Waals surface area contributed by atoms with Crippen molar-refractivity contribution in [3.63, 3.8) is 0 Å². The molecule has 0 aliphatic rings. The third-order valence-electron chi connectivity index (χ3n) is 13.0. The zero-order valence-corrected chi connectivity index (χ0v) is 35.2. The highest BCUT2D eigenvalue weighted by atomic mass is 16.3. The predicted molar refractivity (Wildman–Crippen MR) is 270 cm³/mol. The van der Waals surface area contributed by atoms with Gasteiger partial charge in [0.1, 0.15) is 11.2 Å². The van der Waals surface area contributed by atoms with Crippen LogP contribution in [-0.2, 0) is 0 Å². The van der Waals surface area contributed by atoms with E-state index in [-0.39, 0.29) is 5.92 Å². The first kappa shape index (κ1) is 37.5. The van der Waals surface area contributed by atoms with Gasteiger partial charge in [-0.3, -0.25) is 0 Å². The van der Waals surface area contributed by atoms with Crippen molar-refractivity contribution in [3.05, 3.63) is 265 Å². The Morgan fingerprint density at radius 2 is 0.625 bits per heavy atom. The van der Waals surface area contributed by atoms with Crippen molar-refractivity contribution in [2.45, 2.75) is 5.92 Å². The van der Waals surface area contributed by atoms with Crippen LogP contribution in [0.1, 0.15) is 22.6 Å². The first-order valence-corrected chi connectivity index (χ1v) is 22.1. The summed E-state index contributed by atoms with van der Waals surface area (Å²) in [5.74, 6) is 0.0206. The maximum absolute atomic E-state index is 6.82. The normalized spacial score (nSPS) is 11.6. The molecule has 0 N–H and O–H groups in total. The lowest BCUT2D eigenvalue weighted by Gasteiger charge is -2.20. The molecule has 0 atom stereocenters. The number of rotatable bonds is 8. The third-order valence-corrected chi connectivity index (χ3v) is 13.0. The highest BCUT2D eigenvalue weighted by Gasteiger charge is 2.21. The van der Waals surface area contributed by atoms with Crippen molar-refractivity contribution in [1.82, 2.24) is 0 Å². The van der Waals surface area contributed by atoms with Crippen LogP contribution in [0.25, 0.3) is 99.1 Å². The summed E-state index contributed by atoms with van der Waals surface area (Å²) in [5.41, 5.74) is 17.5. The minimum Gasteiger partial charge on any atom is -0.455 e. The molecule has 0 radical (unpaired) electrons. The molecule has 0 unspecified atom stereocenters. The molecule has 64 heavy (non-hydrogen) atoms. The Balaban J connectivity index is 0.930. The highest BCUT2D eigenvalue weighted by Crippen LogP contribution is 2.44. The lowest BCUT2D eigenvalue weighted by Crippen LogP contribution is -2.03. The summed E-state index contributed by atoms with van der Waals surface area (Å²) in [6.45, 7) is 0. The fourth-order valence-corrected chi connectivity index (χ4v) is 9.74. The van der Waals surface area contributed by atoms with E-state index in [0.29, 0.717) is 0 Å². The zero-order valence-electron chi connectivity index (χ0n) is 35.2. The van der Waals surface area contributed by atoms with Crippen LogP contribution in [0.15, 0.2) is 253 Å². The van der Waals surface area contributed by atoms with Gasteiger partial charge in [-0.15, -0.1) is 0 Å². The first-order chi connectivity index (χ1) is 31.7. The molecular weight excluding hydrogens is 773 g/mol. The summed E-state index contributed by atoms with van der Waals surface area (Å²) in [5, 5.41) is 7.18. The average Bonchev–Trinajstić information content (AvgIpc) is 3.78. The van der Waals surface area contributed by atoms with Crippen LogP contribution in [0.2, 0.25) is 0 Å². The van der Waals surface area contributed by atoms with Gasteiger partial charge in [0.25, 0.3) is 0 Å². The smallest absolute Gasteiger partial charge is 0.143 e. The molecule has 0 saturated carbocycles. The van der Waals surface area contributed by atoms with Gasteiger partial charge in [-0.25, -0.2) is 0 Å². The van der Waals surface area contributed by atoms with E-state index >= 15 is 0 Å². The van der Waals surface area contributed by atoms with E-state index in [1.165, 1.54) is 93.5 Å². The third kappa shape index (κ3) is 6.76. The number of hydrogen-bond acceptors (Lipinski definition) is 1. The molecule has 0 spiro atoms. The van der Waals surface area contributed by atoms with E-state index in [1.807, 2.05) is 0 Å². The Morgan fingerprint density at radius 3 is 1.09 bits per heavy atom. The first-order valence-electron chi connectivity index (χ1n) is 22.1. The van der Waals surface area contributed by atoms with Crippen molar-refractivity contribution < 1.29 is 4.42 Å². The second-order valence-electron chi connectivity index (χ2n) is 16.8. The van der Waals surface area contributed by atoms with Crippen molar-refractivity contribution in [2.24, 2.45) is 0 Å². The van der Waals surface area contributed by atoms with E-state index in [2.05, 4.69) is 249 Å². The van der Waals surface area contributed by atoms with Gasteiger partial charge in [-0.2, -0.15) is 0 Å². The van der Waals surface area contributed by atoms with Crippen molar-refractivity contribution >= 4 is 43.5 Å². The van der Waals surface area contributed by atoms with Gasteiger partial charge in [0.2, 0.25) is 0 Å². The summed E-state index contributed by atoms with van der Waals surface area (Å²) in [7, 11) is 0. The summed E-state index contributed by atoms with van der Waals surface area (Å²) in [6, 6.07) is 90.3. The zero-order chi connectivity index (χ0) is 42.4. The number of benzene rings is 11. The molecule has 0 aliphatic heterocycles. The van der Waals surface area contributed by atoms with E-state index in [0.717, 1.165) is 22.3 Å². The van der Waals surface area contributed by atoms with Crippen LogP contribution in [-0.4, -0.2) is 0 Å². The molecule has 0 bridgehead atoms. The molecule has 300 valence electrons. The molecule has 1 nitrogen and oxygen atoms in total. The number of fused-ring (bicyclic) bond motifs is 7. The van der Waals surface area contributed by atoms with Gasteiger partial charge in [-0.05, 0) is 100 Å². The average molecular weight is 815 g/mol. The molecule has 0 saturated heterocycles. The summed E-state index contributed by atoms with van der Waals surface area (Å²) < 4.78 is 6.82. The van der Waals surface area contributed by atoms with E-state index < -0.39 is 0 Å². The fraction of sp³-hybridized carbons (Fsp3) is 0.0159. The fourth-order valence-electron chi connectivity index (χ4n) is 9.74. The number of hydrogen-bond donors (Lipinski definition) is 0. The monoisotopic (exact) mass is 814 g/mol. The standard InChI is InChI=1S/C63H42O/c1-3-11-42(12-4-1)44-19-23-46(24-20-44)48-27-33-52(34-28-48)60(53-35-29-49(30-36-53)47-25-21-45(22-26-47)43-13-5-2-6-14-43)54-37-31-51(32-38-54)58-41-55-16-8-10-18-57(55)62-61-56-17-9-7-15-50(56)39-40-59(61)64-63(58)62/h1-41,60H. The largest absolute Gasteiger partial charge is 0.455 e. The van der Waals surface area contributed by atoms with Gasteiger partial charge in [-0.1, -0.05) is 237 Å². The van der Waals surface area contributed by atoms with Crippen molar-refractivity contribution in [2.75, 3.05) is 0 Å². The Bertz CT molecular complexity index is 3460. The molecule has 1 heterocycles. The maximum atomic E-state index is 6.82. The van der Waals surface area contributed by atoms with E-state index in [1.54, 1.807) is 0 Å². The van der Waals surface area contributed by atoms with Crippen molar-refractivity contribution in [3.8, 4) is 55.6 Å². The van der Waals surface area contributed by atoms with Crippen LogP contribution in [0.3, 0.4) is 0 Å². The molecule has 12 rings (SSSR count). The summed E-state index contributed by atoms with van der Waals surface area (Å²) >= 11 is 0. The maximum Gasteiger partial charge on any atom is 0.143 e. The van der Waals surface area contributed by atoms with Gasteiger partial charge >= 0.3 is 0 Å². The Hall–Kier alpha value is -8.26. The Labute approximate surface area is 373 Å². The minimum absolute atomic E-state index is 0.0206. The summed E-state index contributed by atoms with van der Waals surface area (Å²) in [6.07, 6.45) is 0. The predicted octanol–water partition coefficient (Wildman–Crippen LogP) is 17.4. The molecule has 0 aliphatic carbocycles. The summed E-state index contributed by atoms with van der Waals surface area (Å²) in [4.78, 5) is 0. The van der Waals surface area contributed by atoms with Crippen LogP contribution in [0.4, 0.5) is 0 Å². The van der Waals surface area contributed by atoms with E-state index in [9.17, 15) is 0 Å². The quantitative estimate of drug-likeness (QED) is 0.139. The van der Waals surface area contributed by atoms with Crippen LogP contribution < -0.4 is 0 Å². The topological polar surface area (TPSA) is 13.1 Å². The van der Waals surface area contributed by atoms with Gasteiger partial charge in [0.05, 0.1) is 0 Å². The lowest BCUT2D eigenvalue weighted by molar-refractivity contribution is 0.670. The highest BCUT2D eigenvalue weighted by molar-refractivity contribution is 6.28. The molecule has 11 aromatic carbocycles. The second kappa shape index (κ2) is 15.9. The van der Waals surface area contributed by atoms with Gasteiger partial charge in [0, 0.05) is 22.3 Å². The van der Waals surface area contributed by atoms with Gasteiger partial charge < -0.3 is 4.42 Å². The van der Waals surface area contributed by atoms with Crippen molar-refractivity contribution in [1.29, 1.82) is 0 Å². The Morgan fingerprint density at radius 1 is 0.266 bits per heavy atom. The van der Waals surface area contributed by atoms with Crippen LogP contribution in [0.5, 0.6) is 0 Å². The van der Waals surface area contributed by atoms with Crippen LogP contribution >= 0.6 is 0 Å². The lowest BCUT2D eigenvalue weighted by atomic mass is 9.83. The number of furan rings is 1. The molecule has 0 fully saturated rings. The molecule has 0 amide bonds. The molecular formula is C63H42O. The minimum atomic E-state index is 0.0206. The molecule has 1 heteroatoms. The SMILES string of the molecule is c1ccc(-c2ccc(-c3ccc(C(c4ccc(-c5ccc(-c6ccccc6)cc5)cc4)c4ccc(-c5cc6ccccc6c6c5oc5ccc7ccccc7c56)cc4)cc3)cc2)cc1.